The maximum Gasteiger partial charge on any atom is 0.289 e. The predicted molar refractivity (Wildman–Crippen MR) is 114 cm³/mol. The van der Waals surface area contributed by atoms with E-state index in [2.05, 4.69) is 43.9 Å². The van der Waals surface area contributed by atoms with Gasteiger partial charge in [-0.25, -0.2) is 0 Å². The predicted octanol–water partition coefficient (Wildman–Crippen LogP) is 4.24. The molecule has 154 valence electrons. The van der Waals surface area contributed by atoms with E-state index in [0.717, 1.165) is 38.0 Å². The van der Waals surface area contributed by atoms with Crippen molar-refractivity contribution < 1.29 is 9.21 Å². The molecule has 5 nitrogen and oxygen atoms in total. The molecule has 29 heavy (non-hydrogen) atoms. The zero-order chi connectivity index (χ0) is 20.9. The molecule has 0 bridgehead atoms. The van der Waals surface area contributed by atoms with Crippen LogP contribution in [0.25, 0.3) is 0 Å². The second-order valence-corrected chi connectivity index (χ2v) is 8.27. The summed E-state index contributed by atoms with van der Waals surface area (Å²) in [6, 6.07) is 14.4. The molecule has 1 fully saturated rings. The van der Waals surface area contributed by atoms with Gasteiger partial charge in [0.25, 0.3) is 5.91 Å². The lowest BCUT2D eigenvalue weighted by Gasteiger charge is -2.36. The summed E-state index contributed by atoms with van der Waals surface area (Å²) in [7, 11) is 0. The summed E-state index contributed by atoms with van der Waals surface area (Å²) in [5, 5.41) is 10.1. The van der Waals surface area contributed by atoms with E-state index in [-0.39, 0.29) is 11.8 Å². The van der Waals surface area contributed by atoms with Gasteiger partial charge in [-0.05, 0) is 55.5 Å². The van der Waals surface area contributed by atoms with Crippen molar-refractivity contribution in [2.75, 3.05) is 32.7 Å². The van der Waals surface area contributed by atoms with Crippen LogP contribution in [0.4, 0.5) is 0 Å². The standard InChI is InChI=1S/C24H31N3O2/c1-19(2)24(18-25,21-9-5-4-8-20(21)3)11-7-12-26-13-15-27(16-14-26)23(28)22-10-6-17-29-22/h4-6,8-10,17,19H,7,11-16H2,1-3H3/t24-/m0/s1. The average Bonchev–Trinajstić information content (AvgIpc) is 3.27. The van der Waals surface area contributed by atoms with Crippen molar-refractivity contribution in [2.45, 2.75) is 39.0 Å². The lowest BCUT2D eigenvalue weighted by molar-refractivity contribution is 0.0602. The molecule has 1 amide bonds. The Hall–Kier alpha value is -2.58. The molecule has 2 aromatic rings. The van der Waals surface area contributed by atoms with Crippen LogP contribution in [0, 0.1) is 24.2 Å². The van der Waals surface area contributed by atoms with Crippen LogP contribution in [0.5, 0.6) is 0 Å². The summed E-state index contributed by atoms with van der Waals surface area (Å²) in [5.74, 6) is 0.626. The topological polar surface area (TPSA) is 60.5 Å². The van der Waals surface area contributed by atoms with Gasteiger partial charge in [-0.1, -0.05) is 38.1 Å². The van der Waals surface area contributed by atoms with E-state index in [1.807, 2.05) is 17.0 Å². The Kier molecular flexibility index (Phi) is 6.76. The normalized spacial score (nSPS) is 17.1. The number of hydrogen-bond acceptors (Lipinski definition) is 4. The molecule has 1 aromatic carbocycles. The van der Waals surface area contributed by atoms with Crippen molar-refractivity contribution >= 4 is 5.91 Å². The lowest BCUT2D eigenvalue weighted by Crippen LogP contribution is -2.49. The third-order valence-electron chi connectivity index (χ3n) is 6.25. The summed E-state index contributed by atoms with van der Waals surface area (Å²) in [4.78, 5) is 16.6. The molecule has 0 aliphatic carbocycles. The number of carbonyl (C=O) groups excluding carboxylic acids is 1. The van der Waals surface area contributed by atoms with E-state index in [0.29, 0.717) is 18.8 Å². The number of carbonyl (C=O) groups is 1. The lowest BCUT2D eigenvalue weighted by atomic mass is 9.68. The van der Waals surface area contributed by atoms with Crippen LogP contribution in [-0.2, 0) is 5.41 Å². The van der Waals surface area contributed by atoms with Gasteiger partial charge in [-0.2, -0.15) is 5.26 Å². The molecular weight excluding hydrogens is 362 g/mol. The summed E-state index contributed by atoms with van der Waals surface area (Å²) < 4.78 is 5.23. The maximum absolute atomic E-state index is 12.4. The number of amides is 1. The zero-order valence-electron chi connectivity index (χ0n) is 17.7. The van der Waals surface area contributed by atoms with Gasteiger partial charge in [0.1, 0.15) is 0 Å². The van der Waals surface area contributed by atoms with Crippen molar-refractivity contribution in [3.63, 3.8) is 0 Å². The van der Waals surface area contributed by atoms with E-state index in [1.54, 1.807) is 12.1 Å². The first-order valence-electron chi connectivity index (χ1n) is 10.5. The Morgan fingerprint density at radius 1 is 1.17 bits per heavy atom. The van der Waals surface area contributed by atoms with Gasteiger partial charge >= 0.3 is 0 Å². The van der Waals surface area contributed by atoms with Crippen LogP contribution in [0.1, 0.15) is 48.4 Å². The molecule has 0 saturated carbocycles. The van der Waals surface area contributed by atoms with Crippen molar-refractivity contribution in [2.24, 2.45) is 5.92 Å². The largest absolute Gasteiger partial charge is 0.459 e. The highest BCUT2D eigenvalue weighted by atomic mass is 16.3. The Labute approximate surface area is 173 Å². The monoisotopic (exact) mass is 393 g/mol. The molecule has 1 aromatic heterocycles. The fourth-order valence-electron chi connectivity index (χ4n) is 4.37. The van der Waals surface area contributed by atoms with E-state index in [9.17, 15) is 10.1 Å². The molecule has 2 heterocycles. The summed E-state index contributed by atoms with van der Waals surface area (Å²) in [5.41, 5.74) is 1.89. The first kappa shape index (κ1) is 21.1. The number of piperazine rings is 1. The number of hydrogen-bond donors (Lipinski definition) is 0. The van der Waals surface area contributed by atoms with Crippen LogP contribution >= 0.6 is 0 Å². The second kappa shape index (κ2) is 9.28. The van der Waals surface area contributed by atoms with Crippen LogP contribution < -0.4 is 0 Å². The highest BCUT2D eigenvalue weighted by Gasteiger charge is 2.36. The Morgan fingerprint density at radius 2 is 1.90 bits per heavy atom. The molecular formula is C24H31N3O2. The van der Waals surface area contributed by atoms with Crippen molar-refractivity contribution in [1.29, 1.82) is 5.26 Å². The number of aryl methyl sites for hydroxylation is 1. The molecule has 1 aliphatic rings. The minimum absolute atomic E-state index is 0.0301. The maximum atomic E-state index is 12.4. The molecule has 3 rings (SSSR count). The van der Waals surface area contributed by atoms with E-state index < -0.39 is 5.41 Å². The second-order valence-electron chi connectivity index (χ2n) is 8.27. The molecule has 0 N–H and O–H groups in total. The molecule has 0 unspecified atom stereocenters. The van der Waals surface area contributed by atoms with Gasteiger partial charge < -0.3 is 9.32 Å². The Bertz CT molecular complexity index is 845. The highest BCUT2D eigenvalue weighted by Crippen LogP contribution is 2.38. The first-order chi connectivity index (χ1) is 14.0. The first-order valence-corrected chi connectivity index (χ1v) is 10.5. The SMILES string of the molecule is Cc1ccccc1[C@](C#N)(CCCN1CCN(C(=O)c2ccco2)CC1)C(C)C. The third kappa shape index (κ3) is 4.54. The van der Waals surface area contributed by atoms with E-state index in [4.69, 9.17) is 4.42 Å². The van der Waals surface area contributed by atoms with Crippen LogP contribution in [0.2, 0.25) is 0 Å². The van der Waals surface area contributed by atoms with Crippen molar-refractivity contribution in [1.82, 2.24) is 9.80 Å². The van der Waals surface area contributed by atoms with Crippen molar-refractivity contribution in [3.8, 4) is 6.07 Å². The number of furan rings is 1. The van der Waals surface area contributed by atoms with Crippen molar-refractivity contribution in [3.05, 3.63) is 59.5 Å². The quantitative estimate of drug-likeness (QED) is 0.706. The van der Waals surface area contributed by atoms with E-state index >= 15 is 0 Å². The van der Waals surface area contributed by atoms with Gasteiger partial charge in [0, 0.05) is 26.2 Å². The Morgan fingerprint density at radius 3 is 2.48 bits per heavy atom. The smallest absolute Gasteiger partial charge is 0.289 e. The fraction of sp³-hybridized carbons (Fsp3) is 0.500. The molecule has 1 atom stereocenters. The van der Waals surface area contributed by atoms with Crippen LogP contribution in [0.3, 0.4) is 0 Å². The minimum Gasteiger partial charge on any atom is -0.459 e. The number of rotatable bonds is 7. The average molecular weight is 394 g/mol. The molecule has 1 saturated heterocycles. The van der Waals surface area contributed by atoms with Gasteiger partial charge in [0.2, 0.25) is 0 Å². The van der Waals surface area contributed by atoms with Crippen LogP contribution in [0.15, 0.2) is 47.1 Å². The molecule has 0 radical (unpaired) electrons. The Balaban J connectivity index is 1.55. The highest BCUT2D eigenvalue weighted by molar-refractivity contribution is 5.91. The number of nitriles is 1. The molecule has 0 spiro atoms. The zero-order valence-corrected chi connectivity index (χ0v) is 17.7. The summed E-state index contributed by atoms with van der Waals surface area (Å²) in [6.07, 6.45) is 3.35. The molecule has 5 heteroatoms. The minimum atomic E-state index is -0.456. The number of benzene rings is 1. The van der Waals surface area contributed by atoms with E-state index in [1.165, 1.54) is 11.8 Å². The third-order valence-corrected chi connectivity index (χ3v) is 6.25. The fourth-order valence-corrected chi connectivity index (χ4v) is 4.37. The summed E-state index contributed by atoms with van der Waals surface area (Å²) >= 11 is 0. The van der Waals surface area contributed by atoms with Gasteiger partial charge in [0.15, 0.2) is 5.76 Å². The van der Waals surface area contributed by atoms with Crippen LogP contribution in [-0.4, -0.2) is 48.4 Å². The van der Waals surface area contributed by atoms with Gasteiger partial charge in [-0.15, -0.1) is 0 Å². The van der Waals surface area contributed by atoms with Gasteiger partial charge in [-0.3, -0.25) is 9.69 Å². The summed E-state index contributed by atoms with van der Waals surface area (Å²) in [6.45, 7) is 10.5. The number of nitrogens with zero attached hydrogens (tertiary/aromatic N) is 3. The molecule has 1 aliphatic heterocycles. The van der Waals surface area contributed by atoms with Gasteiger partial charge in [0.05, 0.1) is 17.7 Å².